The van der Waals surface area contributed by atoms with Gasteiger partial charge in [0.2, 0.25) is 0 Å². The van der Waals surface area contributed by atoms with Crippen LogP contribution in [0.3, 0.4) is 0 Å². The van der Waals surface area contributed by atoms with Crippen molar-refractivity contribution in [2.24, 2.45) is 5.92 Å². The lowest BCUT2D eigenvalue weighted by atomic mass is 9.93. The number of nitro groups is 1. The van der Waals surface area contributed by atoms with Gasteiger partial charge >= 0.3 is 0 Å². The maximum atomic E-state index is 12.5. The molecule has 1 heterocycles. The summed E-state index contributed by atoms with van der Waals surface area (Å²) >= 11 is 0. The Balaban J connectivity index is 1.98. The molecule has 0 spiro atoms. The van der Waals surface area contributed by atoms with Gasteiger partial charge in [0, 0.05) is 30.3 Å². The maximum Gasteiger partial charge on any atom is 0.272 e. The van der Waals surface area contributed by atoms with Gasteiger partial charge < -0.3 is 10.2 Å². The van der Waals surface area contributed by atoms with Crippen molar-refractivity contribution in [3.63, 3.8) is 0 Å². The molecule has 6 nitrogen and oxygen atoms in total. The molecule has 1 aliphatic rings. The number of piperidine rings is 1. The Bertz CT molecular complexity index is 552. The molecule has 22 heavy (non-hydrogen) atoms. The normalized spacial score (nSPS) is 15.8. The van der Waals surface area contributed by atoms with E-state index >= 15 is 0 Å². The monoisotopic (exact) mass is 305 g/mol. The summed E-state index contributed by atoms with van der Waals surface area (Å²) in [5.74, 6) is 0.653. The molecular formula is C16H23N3O3. The third kappa shape index (κ3) is 3.82. The van der Waals surface area contributed by atoms with Crippen LogP contribution in [0.4, 0.5) is 5.69 Å². The van der Waals surface area contributed by atoms with E-state index < -0.39 is 4.92 Å². The Kier molecular flexibility index (Phi) is 5.49. The topological polar surface area (TPSA) is 75.5 Å². The first-order valence-corrected chi connectivity index (χ1v) is 7.72. The number of nitrogens with zero attached hydrogens (tertiary/aromatic N) is 2. The number of carbonyl (C=O) groups excluding carboxylic acids is 1. The largest absolute Gasteiger partial charge is 0.339 e. The van der Waals surface area contributed by atoms with E-state index in [1.54, 1.807) is 19.1 Å². The van der Waals surface area contributed by atoms with Crippen molar-refractivity contribution in [3.05, 3.63) is 39.4 Å². The first-order valence-electron chi connectivity index (χ1n) is 7.72. The summed E-state index contributed by atoms with van der Waals surface area (Å²) in [5.41, 5.74) is 1.12. The zero-order chi connectivity index (χ0) is 16.1. The van der Waals surface area contributed by atoms with E-state index in [0.29, 0.717) is 17.0 Å². The van der Waals surface area contributed by atoms with Crippen LogP contribution in [0.5, 0.6) is 0 Å². The van der Waals surface area contributed by atoms with E-state index in [2.05, 4.69) is 5.32 Å². The molecule has 0 bridgehead atoms. The molecule has 1 aromatic carbocycles. The minimum atomic E-state index is -0.420. The second-order valence-corrected chi connectivity index (χ2v) is 5.89. The Morgan fingerprint density at radius 2 is 2.09 bits per heavy atom. The summed E-state index contributed by atoms with van der Waals surface area (Å²) in [7, 11) is 1.95. The van der Waals surface area contributed by atoms with Crippen LogP contribution in [0.1, 0.15) is 35.2 Å². The third-order valence-electron chi connectivity index (χ3n) is 4.34. The van der Waals surface area contributed by atoms with Crippen LogP contribution in [0.25, 0.3) is 0 Å². The number of amides is 1. The van der Waals surface area contributed by atoms with Gasteiger partial charge in [-0.2, -0.15) is 0 Å². The molecule has 2 rings (SSSR count). The van der Waals surface area contributed by atoms with Gasteiger partial charge in [0.25, 0.3) is 11.6 Å². The molecule has 6 heteroatoms. The minimum absolute atomic E-state index is 0.0231. The van der Waals surface area contributed by atoms with Gasteiger partial charge in [0.1, 0.15) is 0 Å². The van der Waals surface area contributed by atoms with Gasteiger partial charge in [-0.05, 0) is 57.8 Å². The molecule has 1 fully saturated rings. The SMILES string of the molecule is CNCCC1CCN(C(=O)c2ccc([N+](=O)[O-])c(C)c2)CC1. The van der Waals surface area contributed by atoms with Crippen LogP contribution in [0, 0.1) is 23.0 Å². The fourth-order valence-corrected chi connectivity index (χ4v) is 2.95. The standard InChI is InChI=1S/C16H23N3O3/c1-12-11-14(3-4-15(12)19(21)22)16(20)18-9-6-13(7-10-18)5-8-17-2/h3-4,11,13,17H,5-10H2,1-2H3. The number of likely N-dealkylation sites (tertiary alicyclic amines) is 1. The summed E-state index contributed by atoms with van der Waals surface area (Å²) in [6.07, 6.45) is 3.20. The number of aryl methyl sites for hydroxylation is 1. The number of nitrogens with one attached hydrogen (secondary N) is 1. The van der Waals surface area contributed by atoms with E-state index in [1.807, 2.05) is 11.9 Å². The average molecular weight is 305 g/mol. The van der Waals surface area contributed by atoms with Crippen LogP contribution >= 0.6 is 0 Å². The quantitative estimate of drug-likeness (QED) is 0.669. The molecule has 0 saturated carbocycles. The lowest BCUT2D eigenvalue weighted by molar-refractivity contribution is -0.385. The summed E-state index contributed by atoms with van der Waals surface area (Å²) < 4.78 is 0. The van der Waals surface area contributed by atoms with Crippen molar-refractivity contribution in [3.8, 4) is 0 Å². The zero-order valence-corrected chi connectivity index (χ0v) is 13.2. The highest BCUT2D eigenvalue weighted by atomic mass is 16.6. The van der Waals surface area contributed by atoms with Crippen molar-refractivity contribution in [2.45, 2.75) is 26.2 Å². The van der Waals surface area contributed by atoms with Crippen molar-refractivity contribution < 1.29 is 9.72 Å². The second kappa shape index (κ2) is 7.35. The fraction of sp³-hybridized carbons (Fsp3) is 0.562. The highest BCUT2D eigenvalue weighted by Crippen LogP contribution is 2.23. The first kappa shape index (κ1) is 16.4. The zero-order valence-electron chi connectivity index (χ0n) is 13.2. The maximum absolute atomic E-state index is 12.5. The number of benzene rings is 1. The van der Waals surface area contributed by atoms with Crippen molar-refractivity contribution in [1.82, 2.24) is 10.2 Å². The van der Waals surface area contributed by atoms with Crippen LogP contribution in [-0.2, 0) is 0 Å². The van der Waals surface area contributed by atoms with Gasteiger partial charge in [-0.1, -0.05) is 0 Å². The van der Waals surface area contributed by atoms with Crippen molar-refractivity contribution in [2.75, 3.05) is 26.7 Å². The Labute approximate surface area is 130 Å². The predicted octanol–water partition coefficient (Wildman–Crippen LogP) is 2.36. The second-order valence-electron chi connectivity index (χ2n) is 5.89. The number of nitro benzene ring substituents is 1. The van der Waals surface area contributed by atoms with E-state index in [0.717, 1.165) is 38.9 Å². The Morgan fingerprint density at radius 1 is 1.41 bits per heavy atom. The molecule has 1 saturated heterocycles. The smallest absolute Gasteiger partial charge is 0.272 e. The van der Waals surface area contributed by atoms with E-state index in [-0.39, 0.29) is 11.6 Å². The van der Waals surface area contributed by atoms with Gasteiger partial charge in [0.05, 0.1) is 4.92 Å². The van der Waals surface area contributed by atoms with Crippen LogP contribution in [-0.4, -0.2) is 42.4 Å². The number of rotatable bonds is 5. The fourth-order valence-electron chi connectivity index (χ4n) is 2.95. The molecule has 1 amide bonds. The average Bonchev–Trinajstić information content (AvgIpc) is 2.52. The Morgan fingerprint density at radius 3 is 2.64 bits per heavy atom. The molecule has 1 aromatic rings. The molecule has 0 atom stereocenters. The summed E-state index contributed by atoms with van der Waals surface area (Å²) in [4.78, 5) is 24.8. The predicted molar refractivity (Wildman–Crippen MR) is 85.0 cm³/mol. The van der Waals surface area contributed by atoms with E-state index in [4.69, 9.17) is 0 Å². The highest BCUT2D eigenvalue weighted by Gasteiger charge is 2.24. The van der Waals surface area contributed by atoms with Crippen molar-refractivity contribution >= 4 is 11.6 Å². The molecule has 0 radical (unpaired) electrons. The number of hydrogen-bond donors (Lipinski definition) is 1. The Hall–Kier alpha value is -1.95. The molecule has 1 N–H and O–H groups in total. The molecular weight excluding hydrogens is 282 g/mol. The van der Waals surface area contributed by atoms with Gasteiger partial charge in [-0.3, -0.25) is 14.9 Å². The van der Waals surface area contributed by atoms with E-state index in [9.17, 15) is 14.9 Å². The van der Waals surface area contributed by atoms with Crippen LogP contribution < -0.4 is 5.32 Å². The lowest BCUT2D eigenvalue weighted by Gasteiger charge is -2.32. The minimum Gasteiger partial charge on any atom is -0.339 e. The highest BCUT2D eigenvalue weighted by molar-refractivity contribution is 5.94. The van der Waals surface area contributed by atoms with Crippen LogP contribution in [0.2, 0.25) is 0 Å². The number of carbonyl (C=O) groups is 1. The molecule has 0 aliphatic carbocycles. The van der Waals surface area contributed by atoms with E-state index in [1.165, 1.54) is 6.07 Å². The van der Waals surface area contributed by atoms with Crippen molar-refractivity contribution in [1.29, 1.82) is 0 Å². The summed E-state index contributed by atoms with van der Waals surface area (Å²) in [6, 6.07) is 4.59. The first-order chi connectivity index (χ1) is 10.5. The molecule has 120 valence electrons. The summed E-state index contributed by atoms with van der Waals surface area (Å²) in [6.45, 7) is 4.21. The molecule has 1 aliphatic heterocycles. The van der Waals surface area contributed by atoms with Crippen LogP contribution in [0.15, 0.2) is 18.2 Å². The lowest BCUT2D eigenvalue weighted by Crippen LogP contribution is -2.39. The molecule has 0 aromatic heterocycles. The number of hydrogen-bond acceptors (Lipinski definition) is 4. The summed E-state index contributed by atoms with van der Waals surface area (Å²) in [5, 5.41) is 14.0. The van der Waals surface area contributed by atoms with Gasteiger partial charge in [-0.15, -0.1) is 0 Å². The molecule has 0 unspecified atom stereocenters. The third-order valence-corrected chi connectivity index (χ3v) is 4.34. The van der Waals surface area contributed by atoms with Gasteiger partial charge in [0.15, 0.2) is 0 Å². The van der Waals surface area contributed by atoms with Gasteiger partial charge in [-0.25, -0.2) is 0 Å².